The van der Waals surface area contributed by atoms with E-state index in [0.29, 0.717) is 17.9 Å². The van der Waals surface area contributed by atoms with E-state index in [4.69, 9.17) is 4.74 Å². The molecule has 2 aromatic carbocycles. The van der Waals surface area contributed by atoms with Gasteiger partial charge in [-0.15, -0.1) is 0 Å². The predicted octanol–water partition coefficient (Wildman–Crippen LogP) is 3.74. The first-order valence-electron chi connectivity index (χ1n) is 6.64. The topological polar surface area (TPSA) is 46.5 Å². The number of rotatable bonds is 5. The lowest BCUT2D eigenvalue weighted by Gasteiger charge is -2.08. The van der Waals surface area contributed by atoms with Crippen LogP contribution < -0.4 is 4.74 Å². The van der Waals surface area contributed by atoms with Crippen LogP contribution in [-0.4, -0.2) is 10.9 Å². The molecule has 0 aromatic heterocycles. The number of Topliss-reactive ketones (excluding diaryl/α,β-unsaturated/α-hetero) is 1. The van der Waals surface area contributed by atoms with Crippen LogP contribution in [0, 0.1) is 0 Å². The summed E-state index contributed by atoms with van der Waals surface area (Å²) in [4.78, 5) is 11.2. The second kappa shape index (κ2) is 6.24. The number of aryl methyl sites for hydroxylation is 1. The second-order valence-electron chi connectivity index (χ2n) is 4.69. The van der Waals surface area contributed by atoms with Crippen molar-refractivity contribution in [3.8, 4) is 11.5 Å². The Hall–Kier alpha value is -2.29. The minimum Gasteiger partial charge on any atom is -0.507 e. The maximum atomic E-state index is 11.2. The average molecular weight is 270 g/mol. The molecule has 3 heteroatoms. The Labute approximate surface area is 118 Å². The van der Waals surface area contributed by atoms with Crippen LogP contribution in [-0.2, 0) is 13.0 Å². The standard InChI is InChI=1S/C17H18O3/c1-3-13-4-6-14(7-5-13)11-20-15-8-9-16(12(2)18)17(19)10-15/h4-10,19H,3,11H2,1-2H3. The summed E-state index contributed by atoms with van der Waals surface area (Å²) in [6.45, 7) is 3.97. The number of phenols is 1. The summed E-state index contributed by atoms with van der Waals surface area (Å²) in [6, 6.07) is 13.0. The zero-order chi connectivity index (χ0) is 14.5. The van der Waals surface area contributed by atoms with Gasteiger partial charge in [0, 0.05) is 6.07 Å². The van der Waals surface area contributed by atoms with Crippen molar-refractivity contribution in [2.75, 3.05) is 0 Å². The Bertz CT molecular complexity index is 600. The Morgan fingerprint density at radius 1 is 1.10 bits per heavy atom. The first-order chi connectivity index (χ1) is 9.60. The second-order valence-corrected chi connectivity index (χ2v) is 4.69. The minimum absolute atomic E-state index is 0.0451. The average Bonchev–Trinajstić information content (AvgIpc) is 2.45. The van der Waals surface area contributed by atoms with E-state index < -0.39 is 0 Å². The number of hydrogen-bond acceptors (Lipinski definition) is 3. The van der Waals surface area contributed by atoms with Crippen LogP contribution in [0.25, 0.3) is 0 Å². The van der Waals surface area contributed by atoms with Crippen LogP contribution in [0.1, 0.15) is 35.3 Å². The molecule has 20 heavy (non-hydrogen) atoms. The van der Waals surface area contributed by atoms with Crippen LogP contribution >= 0.6 is 0 Å². The van der Waals surface area contributed by atoms with Crippen molar-refractivity contribution in [2.24, 2.45) is 0 Å². The van der Waals surface area contributed by atoms with E-state index in [1.165, 1.54) is 18.6 Å². The maximum Gasteiger partial charge on any atom is 0.163 e. The van der Waals surface area contributed by atoms with E-state index >= 15 is 0 Å². The van der Waals surface area contributed by atoms with E-state index in [0.717, 1.165) is 12.0 Å². The molecule has 0 aliphatic carbocycles. The van der Waals surface area contributed by atoms with Crippen molar-refractivity contribution in [3.63, 3.8) is 0 Å². The van der Waals surface area contributed by atoms with Gasteiger partial charge < -0.3 is 9.84 Å². The summed E-state index contributed by atoms with van der Waals surface area (Å²) < 4.78 is 5.61. The number of aromatic hydroxyl groups is 1. The van der Waals surface area contributed by atoms with Gasteiger partial charge >= 0.3 is 0 Å². The van der Waals surface area contributed by atoms with Crippen LogP contribution in [0.4, 0.5) is 0 Å². The van der Waals surface area contributed by atoms with Crippen molar-refractivity contribution < 1.29 is 14.6 Å². The first-order valence-corrected chi connectivity index (χ1v) is 6.64. The zero-order valence-electron chi connectivity index (χ0n) is 11.7. The van der Waals surface area contributed by atoms with Crippen molar-refractivity contribution >= 4 is 5.78 Å². The fraction of sp³-hybridized carbons (Fsp3) is 0.235. The number of ether oxygens (including phenoxy) is 1. The van der Waals surface area contributed by atoms with Crippen molar-refractivity contribution in [3.05, 3.63) is 59.2 Å². The maximum absolute atomic E-state index is 11.2. The third kappa shape index (κ3) is 3.38. The number of benzene rings is 2. The molecule has 0 aliphatic heterocycles. The summed E-state index contributed by atoms with van der Waals surface area (Å²) in [5.74, 6) is 0.340. The molecular weight excluding hydrogens is 252 g/mol. The van der Waals surface area contributed by atoms with E-state index in [9.17, 15) is 9.90 Å². The molecule has 2 aromatic rings. The molecule has 104 valence electrons. The van der Waals surface area contributed by atoms with Gasteiger partial charge in [0.05, 0.1) is 5.56 Å². The van der Waals surface area contributed by atoms with Crippen LogP contribution in [0.5, 0.6) is 11.5 Å². The molecular formula is C17H18O3. The fourth-order valence-electron chi connectivity index (χ4n) is 1.94. The lowest BCUT2D eigenvalue weighted by Crippen LogP contribution is -1.97. The number of phenolic OH excluding ortho intramolecular Hbond substituents is 1. The molecule has 3 nitrogen and oxygen atoms in total. The van der Waals surface area contributed by atoms with Crippen LogP contribution in [0.15, 0.2) is 42.5 Å². The van der Waals surface area contributed by atoms with Gasteiger partial charge in [-0.1, -0.05) is 31.2 Å². The molecule has 2 rings (SSSR count). The normalized spacial score (nSPS) is 10.3. The molecule has 0 fully saturated rings. The van der Waals surface area contributed by atoms with Gasteiger partial charge in [0.1, 0.15) is 18.1 Å². The van der Waals surface area contributed by atoms with E-state index in [-0.39, 0.29) is 11.5 Å². The molecule has 0 aliphatic rings. The van der Waals surface area contributed by atoms with Gasteiger partial charge in [-0.2, -0.15) is 0 Å². The Balaban J connectivity index is 2.03. The molecule has 0 amide bonds. The molecule has 0 unspecified atom stereocenters. The van der Waals surface area contributed by atoms with Gasteiger partial charge in [0.15, 0.2) is 5.78 Å². The Kier molecular flexibility index (Phi) is 4.41. The fourth-order valence-corrected chi connectivity index (χ4v) is 1.94. The highest BCUT2D eigenvalue weighted by atomic mass is 16.5. The quantitative estimate of drug-likeness (QED) is 0.842. The highest BCUT2D eigenvalue weighted by Gasteiger charge is 2.07. The summed E-state index contributed by atoms with van der Waals surface area (Å²) >= 11 is 0. The zero-order valence-corrected chi connectivity index (χ0v) is 11.7. The van der Waals surface area contributed by atoms with Gasteiger partial charge in [0.25, 0.3) is 0 Å². The Morgan fingerprint density at radius 3 is 2.30 bits per heavy atom. The smallest absolute Gasteiger partial charge is 0.163 e. The van der Waals surface area contributed by atoms with Crippen molar-refractivity contribution in [1.29, 1.82) is 0 Å². The molecule has 1 N–H and O–H groups in total. The predicted molar refractivity (Wildman–Crippen MR) is 78.3 cm³/mol. The molecule has 0 radical (unpaired) electrons. The lowest BCUT2D eigenvalue weighted by atomic mass is 10.1. The monoisotopic (exact) mass is 270 g/mol. The molecule has 0 saturated carbocycles. The molecule has 0 bridgehead atoms. The molecule has 0 spiro atoms. The van der Waals surface area contributed by atoms with Gasteiger partial charge in [-0.3, -0.25) is 4.79 Å². The SMILES string of the molecule is CCc1ccc(COc2ccc(C(C)=O)c(O)c2)cc1. The van der Waals surface area contributed by atoms with Gasteiger partial charge in [-0.25, -0.2) is 0 Å². The third-order valence-electron chi connectivity index (χ3n) is 3.19. The molecule has 0 heterocycles. The minimum atomic E-state index is -0.163. The number of carbonyl (C=O) groups is 1. The van der Waals surface area contributed by atoms with Crippen molar-refractivity contribution in [1.82, 2.24) is 0 Å². The highest BCUT2D eigenvalue weighted by Crippen LogP contribution is 2.24. The summed E-state index contributed by atoms with van der Waals surface area (Å²) in [5, 5.41) is 9.73. The molecule has 0 atom stereocenters. The number of ketones is 1. The lowest BCUT2D eigenvalue weighted by molar-refractivity contribution is 0.101. The summed E-state index contributed by atoms with van der Waals surface area (Å²) in [6.07, 6.45) is 1.02. The van der Waals surface area contributed by atoms with E-state index in [1.807, 2.05) is 12.1 Å². The van der Waals surface area contributed by atoms with Crippen molar-refractivity contribution in [2.45, 2.75) is 26.9 Å². The van der Waals surface area contributed by atoms with Gasteiger partial charge in [-0.05, 0) is 36.6 Å². The summed E-state index contributed by atoms with van der Waals surface area (Å²) in [7, 11) is 0. The number of carbonyl (C=O) groups excluding carboxylic acids is 1. The summed E-state index contributed by atoms with van der Waals surface area (Å²) in [5.41, 5.74) is 2.67. The van der Waals surface area contributed by atoms with Crippen LogP contribution in [0.3, 0.4) is 0 Å². The van der Waals surface area contributed by atoms with Crippen LogP contribution in [0.2, 0.25) is 0 Å². The first kappa shape index (κ1) is 14.1. The largest absolute Gasteiger partial charge is 0.507 e. The third-order valence-corrected chi connectivity index (χ3v) is 3.19. The molecule has 0 saturated heterocycles. The Morgan fingerprint density at radius 2 is 1.75 bits per heavy atom. The number of hydrogen-bond donors (Lipinski definition) is 1. The highest BCUT2D eigenvalue weighted by molar-refractivity contribution is 5.96. The van der Waals surface area contributed by atoms with E-state index in [2.05, 4.69) is 19.1 Å². The van der Waals surface area contributed by atoms with Gasteiger partial charge in [0.2, 0.25) is 0 Å². The van der Waals surface area contributed by atoms with E-state index in [1.54, 1.807) is 12.1 Å².